The van der Waals surface area contributed by atoms with E-state index in [4.69, 9.17) is 4.74 Å². The first-order valence-corrected chi connectivity index (χ1v) is 15.7. The van der Waals surface area contributed by atoms with E-state index in [9.17, 15) is 17.6 Å². The smallest absolute Gasteiger partial charge is 0.350 e. The van der Waals surface area contributed by atoms with E-state index in [1.54, 1.807) is 17.0 Å². The van der Waals surface area contributed by atoms with Gasteiger partial charge in [-0.3, -0.25) is 9.80 Å². The number of nitrogens with zero attached hydrogens (tertiary/aromatic N) is 4. The highest BCUT2D eigenvalue weighted by Crippen LogP contribution is 2.41. The minimum absolute atomic E-state index is 0.0773. The zero-order valence-electron chi connectivity index (χ0n) is 23.5. The van der Waals surface area contributed by atoms with Gasteiger partial charge in [0.15, 0.2) is 0 Å². The Hall–Kier alpha value is -3.02. The molecule has 0 aliphatic carbocycles. The number of aliphatic imine (C=N–C) groups is 1. The number of anilines is 1. The molecule has 11 heteroatoms. The first-order chi connectivity index (χ1) is 18.9. The van der Waals surface area contributed by atoms with Crippen molar-refractivity contribution in [1.82, 2.24) is 14.5 Å². The first-order valence-electron chi connectivity index (χ1n) is 13.8. The number of halogens is 1. The molecule has 5 rings (SSSR count). The molecule has 0 aromatic heterocycles. The number of carbonyl (C=O) groups excluding carboxylic acids is 1. The van der Waals surface area contributed by atoms with Crippen molar-refractivity contribution in [3.8, 4) is 5.75 Å². The number of amides is 2. The number of sulfonamides is 1. The number of amidine groups is 1. The van der Waals surface area contributed by atoms with Crippen LogP contribution in [0.5, 0.6) is 5.75 Å². The summed E-state index contributed by atoms with van der Waals surface area (Å²) in [7, 11) is -3.31. The lowest BCUT2D eigenvalue weighted by molar-refractivity contribution is 0.122. The van der Waals surface area contributed by atoms with Crippen molar-refractivity contribution in [2.75, 3.05) is 30.8 Å². The molecule has 3 aliphatic rings. The quantitative estimate of drug-likeness (QED) is 0.540. The molecule has 3 atom stereocenters. The zero-order chi connectivity index (χ0) is 28.7. The standard InChI is InChI=1S/C29H38FN5O4S/c1-20(2)39-26-10-5-7-22(15-26)18-33-14-12-29(17-21(33)3)27(31-24-11-13-34(19-24)40(4,37)38)32-28(36)35(29)25-9-6-8-23(30)16-25/h5-10,15-16,20-21,24H,11-14,17-19H2,1-4H3,(H,31,32,36)/t21-,24-,29+/m0/s1. The Morgan fingerprint density at radius 2 is 1.95 bits per heavy atom. The molecule has 0 radical (unpaired) electrons. The molecule has 216 valence electrons. The molecule has 0 unspecified atom stereocenters. The van der Waals surface area contributed by atoms with Crippen LogP contribution in [0.25, 0.3) is 0 Å². The average Bonchev–Trinajstić information content (AvgIpc) is 3.44. The molecule has 1 spiro atoms. The van der Waals surface area contributed by atoms with Crippen molar-refractivity contribution in [3.63, 3.8) is 0 Å². The van der Waals surface area contributed by atoms with Crippen LogP contribution in [0.4, 0.5) is 14.9 Å². The van der Waals surface area contributed by atoms with Crippen LogP contribution in [0.1, 0.15) is 45.6 Å². The highest BCUT2D eigenvalue weighted by Gasteiger charge is 2.54. The number of nitrogens with one attached hydrogen (secondary N) is 1. The fourth-order valence-electron chi connectivity index (χ4n) is 6.16. The normalized spacial score (nSPS) is 26.1. The number of carbonyl (C=O) groups is 1. The van der Waals surface area contributed by atoms with E-state index >= 15 is 0 Å². The lowest BCUT2D eigenvalue weighted by Crippen LogP contribution is -2.63. The van der Waals surface area contributed by atoms with Crippen LogP contribution in [-0.2, 0) is 16.6 Å². The predicted molar refractivity (Wildman–Crippen MR) is 154 cm³/mol. The molecule has 40 heavy (non-hydrogen) atoms. The zero-order valence-corrected chi connectivity index (χ0v) is 24.3. The third-order valence-corrected chi connectivity index (χ3v) is 9.29. The van der Waals surface area contributed by atoms with Gasteiger partial charge in [-0.15, -0.1) is 0 Å². The minimum Gasteiger partial charge on any atom is -0.491 e. The average molecular weight is 572 g/mol. The van der Waals surface area contributed by atoms with E-state index in [2.05, 4.69) is 34.3 Å². The summed E-state index contributed by atoms with van der Waals surface area (Å²) in [5.41, 5.74) is 0.820. The summed E-state index contributed by atoms with van der Waals surface area (Å²) < 4.78 is 45.8. The van der Waals surface area contributed by atoms with Crippen molar-refractivity contribution >= 4 is 27.6 Å². The van der Waals surface area contributed by atoms with Crippen LogP contribution in [0.15, 0.2) is 53.5 Å². The van der Waals surface area contributed by atoms with Gasteiger partial charge in [0, 0.05) is 44.0 Å². The Morgan fingerprint density at radius 3 is 2.62 bits per heavy atom. The Balaban J connectivity index is 1.40. The number of piperidine rings is 1. The molecule has 3 aliphatic heterocycles. The monoisotopic (exact) mass is 571 g/mol. The Kier molecular flexibility index (Phi) is 7.91. The van der Waals surface area contributed by atoms with Crippen LogP contribution in [-0.4, -0.2) is 79.1 Å². The maximum atomic E-state index is 14.3. The van der Waals surface area contributed by atoms with Crippen molar-refractivity contribution in [3.05, 3.63) is 59.9 Å². The lowest BCUT2D eigenvalue weighted by atomic mass is 9.80. The molecule has 3 heterocycles. The second-order valence-electron chi connectivity index (χ2n) is 11.4. The number of urea groups is 1. The number of hydrogen-bond acceptors (Lipinski definition) is 6. The van der Waals surface area contributed by atoms with Gasteiger partial charge in [-0.05, 0) is 75.9 Å². The van der Waals surface area contributed by atoms with Gasteiger partial charge in [0.25, 0.3) is 0 Å². The topological polar surface area (TPSA) is 94.5 Å². The van der Waals surface area contributed by atoms with Gasteiger partial charge in [-0.25, -0.2) is 21.9 Å². The van der Waals surface area contributed by atoms with E-state index in [0.29, 0.717) is 50.4 Å². The second-order valence-corrected chi connectivity index (χ2v) is 13.4. The van der Waals surface area contributed by atoms with Gasteiger partial charge < -0.3 is 10.1 Å². The highest BCUT2D eigenvalue weighted by atomic mass is 32.2. The van der Waals surface area contributed by atoms with Gasteiger partial charge in [0.2, 0.25) is 10.0 Å². The summed E-state index contributed by atoms with van der Waals surface area (Å²) in [5, 5.41) is 3.45. The fourth-order valence-corrected chi connectivity index (χ4v) is 7.05. The van der Waals surface area contributed by atoms with Crippen molar-refractivity contribution in [1.29, 1.82) is 0 Å². The molecule has 0 saturated carbocycles. The van der Waals surface area contributed by atoms with Gasteiger partial charge in [0.1, 0.15) is 22.9 Å². The molecule has 0 bridgehead atoms. The Bertz CT molecular complexity index is 1400. The number of rotatable bonds is 7. The molecule has 2 saturated heterocycles. The SMILES string of the molecule is CC(C)Oc1cccc(CN2CC[C@@]3(C[C@@H]2C)C(N[C@H]2CCN(S(C)(=O)=O)C2)=NC(=O)N3c2cccc(F)c2)c1. The molecule has 9 nitrogen and oxygen atoms in total. The highest BCUT2D eigenvalue weighted by molar-refractivity contribution is 7.88. The summed E-state index contributed by atoms with van der Waals surface area (Å²) >= 11 is 0. The largest absolute Gasteiger partial charge is 0.491 e. The van der Waals surface area contributed by atoms with E-state index in [0.717, 1.165) is 17.9 Å². The summed E-state index contributed by atoms with van der Waals surface area (Å²) in [6.07, 6.45) is 3.10. The van der Waals surface area contributed by atoms with Crippen LogP contribution >= 0.6 is 0 Å². The van der Waals surface area contributed by atoms with Crippen molar-refractivity contribution in [2.45, 2.75) is 70.3 Å². The maximum absolute atomic E-state index is 14.3. The number of likely N-dealkylation sites (tertiary alicyclic amines) is 1. The summed E-state index contributed by atoms with van der Waals surface area (Å²) in [6.45, 7) is 8.30. The maximum Gasteiger partial charge on any atom is 0.350 e. The summed E-state index contributed by atoms with van der Waals surface area (Å²) in [5.74, 6) is 0.960. The molecule has 2 amide bonds. The van der Waals surface area contributed by atoms with Crippen molar-refractivity contribution in [2.24, 2.45) is 4.99 Å². The van der Waals surface area contributed by atoms with Crippen LogP contribution in [0.3, 0.4) is 0 Å². The molecule has 2 aromatic carbocycles. The second kappa shape index (κ2) is 11.1. The van der Waals surface area contributed by atoms with Gasteiger partial charge >= 0.3 is 6.03 Å². The minimum atomic E-state index is -3.31. The van der Waals surface area contributed by atoms with E-state index in [1.807, 2.05) is 26.0 Å². The van der Waals surface area contributed by atoms with E-state index in [1.165, 1.54) is 22.7 Å². The van der Waals surface area contributed by atoms with E-state index in [-0.39, 0.29) is 18.2 Å². The molecule has 2 aromatic rings. The van der Waals surface area contributed by atoms with Crippen LogP contribution < -0.4 is 15.0 Å². The number of benzene rings is 2. The summed E-state index contributed by atoms with van der Waals surface area (Å²) in [6, 6.07) is 13.7. The van der Waals surface area contributed by atoms with Crippen LogP contribution in [0.2, 0.25) is 0 Å². The van der Waals surface area contributed by atoms with Gasteiger partial charge in [-0.1, -0.05) is 18.2 Å². The predicted octanol–water partition coefficient (Wildman–Crippen LogP) is 4.00. The molecule has 2 fully saturated rings. The Labute approximate surface area is 236 Å². The van der Waals surface area contributed by atoms with E-state index < -0.39 is 27.4 Å². The fraction of sp³-hybridized carbons (Fsp3) is 0.517. The third kappa shape index (κ3) is 5.87. The third-order valence-electron chi connectivity index (χ3n) is 8.02. The van der Waals surface area contributed by atoms with Crippen molar-refractivity contribution < 1.29 is 22.3 Å². The number of hydrogen-bond donors (Lipinski definition) is 1. The van der Waals surface area contributed by atoms with Gasteiger partial charge in [0.05, 0.1) is 12.4 Å². The Morgan fingerprint density at radius 1 is 1.18 bits per heavy atom. The van der Waals surface area contributed by atoms with Crippen LogP contribution in [0, 0.1) is 5.82 Å². The number of ether oxygens (including phenoxy) is 1. The lowest BCUT2D eigenvalue weighted by Gasteiger charge is -2.48. The molecular weight excluding hydrogens is 533 g/mol. The summed E-state index contributed by atoms with van der Waals surface area (Å²) in [4.78, 5) is 21.9. The van der Waals surface area contributed by atoms with Gasteiger partial charge in [-0.2, -0.15) is 4.99 Å². The first kappa shape index (κ1) is 28.5. The molecular formula is C29H38FN5O4S. The molecule has 1 N–H and O–H groups in total.